The number of hydrogen-bond donors (Lipinski definition) is 1. The molecule has 18 heavy (non-hydrogen) atoms. The Balaban J connectivity index is 2.16. The highest BCUT2D eigenvalue weighted by molar-refractivity contribution is 6.12. The van der Waals surface area contributed by atoms with Gasteiger partial charge in [-0.3, -0.25) is 19.2 Å². The van der Waals surface area contributed by atoms with Gasteiger partial charge in [0.2, 0.25) is 6.10 Å². The minimum atomic E-state index is -1.25. The molecule has 1 aliphatic carbocycles. The summed E-state index contributed by atoms with van der Waals surface area (Å²) in [7, 11) is 0. The van der Waals surface area contributed by atoms with Gasteiger partial charge in [0.1, 0.15) is 0 Å². The first-order valence-electron chi connectivity index (χ1n) is 5.55. The Morgan fingerprint density at radius 3 is 2.22 bits per heavy atom. The fraction of sp³-hybridized carbons (Fsp3) is 0.636. The molecule has 0 spiro atoms. The summed E-state index contributed by atoms with van der Waals surface area (Å²) in [6.45, 7) is 0.00508. The van der Waals surface area contributed by atoms with Crippen molar-refractivity contribution >= 4 is 23.5 Å². The van der Waals surface area contributed by atoms with Crippen LogP contribution in [0, 0.1) is 0 Å². The van der Waals surface area contributed by atoms with Crippen LogP contribution in [-0.4, -0.2) is 47.9 Å². The van der Waals surface area contributed by atoms with Gasteiger partial charge in [0.05, 0.1) is 26.1 Å². The smallest absolute Gasteiger partial charge is 0.309 e. The molecule has 1 saturated carbocycles. The van der Waals surface area contributed by atoms with E-state index in [0.29, 0.717) is 0 Å². The van der Waals surface area contributed by atoms with E-state index in [1.807, 2.05) is 0 Å². The lowest BCUT2D eigenvalue weighted by Gasteiger charge is -2.09. The van der Waals surface area contributed by atoms with Crippen molar-refractivity contribution in [1.29, 1.82) is 0 Å². The molecule has 7 heteroatoms. The van der Waals surface area contributed by atoms with E-state index in [9.17, 15) is 19.2 Å². The van der Waals surface area contributed by atoms with E-state index in [1.54, 1.807) is 0 Å². The van der Waals surface area contributed by atoms with Crippen molar-refractivity contribution in [3.8, 4) is 0 Å². The zero-order valence-electron chi connectivity index (χ0n) is 9.72. The summed E-state index contributed by atoms with van der Waals surface area (Å²) in [5.41, 5.74) is 0. The molecule has 0 amide bonds. The molecule has 7 nitrogen and oxygen atoms in total. The van der Waals surface area contributed by atoms with Crippen LogP contribution in [0.15, 0.2) is 0 Å². The maximum atomic E-state index is 11.3. The van der Waals surface area contributed by atoms with Gasteiger partial charge < -0.3 is 14.6 Å². The highest BCUT2D eigenvalue weighted by atomic mass is 16.6. The largest absolute Gasteiger partial charge is 0.481 e. The summed E-state index contributed by atoms with van der Waals surface area (Å²) in [5, 5.41) is 8.32. The van der Waals surface area contributed by atoms with Crippen LogP contribution in [0.5, 0.6) is 0 Å². The van der Waals surface area contributed by atoms with Crippen LogP contribution in [0.4, 0.5) is 0 Å². The predicted molar refractivity (Wildman–Crippen MR) is 56.8 cm³/mol. The second-order valence-electron chi connectivity index (χ2n) is 3.81. The Bertz CT molecular complexity index is 344. The molecule has 1 N–H and O–H groups in total. The standard InChI is InChI=1S/C11H14O7/c12-7-1-2-8(13)11(7)18-10(16)4-6-17-5-3-9(14)15/h11H,1-6H2,(H,14,15). The summed E-state index contributed by atoms with van der Waals surface area (Å²) in [6.07, 6.45) is -1.28. The minimum Gasteiger partial charge on any atom is -0.481 e. The van der Waals surface area contributed by atoms with Gasteiger partial charge in [0.25, 0.3) is 0 Å². The molecule has 1 aliphatic rings. The van der Waals surface area contributed by atoms with Gasteiger partial charge in [-0.2, -0.15) is 0 Å². The molecule has 0 saturated heterocycles. The van der Waals surface area contributed by atoms with Crippen LogP contribution in [0.1, 0.15) is 25.7 Å². The van der Waals surface area contributed by atoms with Crippen LogP contribution in [0.25, 0.3) is 0 Å². The molecular formula is C11H14O7. The Labute approximate surface area is 103 Å². The number of rotatable bonds is 7. The summed E-state index contributed by atoms with van der Waals surface area (Å²) in [5.74, 6) is -2.43. The molecule has 100 valence electrons. The van der Waals surface area contributed by atoms with Crippen molar-refractivity contribution in [2.75, 3.05) is 13.2 Å². The number of carbonyl (C=O) groups is 4. The van der Waals surface area contributed by atoms with Gasteiger partial charge in [-0.25, -0.2) is 0 Å². The number of aliphatic carboxylic acids is 1. The maximum absolute atomic E-state index is 11.3. The SMILES string of the molecule is O=C(O)CCOCCC(=O)OC1C(=O)CCC1=O. The highest BCUT2D eigenvalue weighted by Gasteiger charge is 2.35. The minimum absolute atomic E-state index is 0.00120. The van der Waals surface area contributed by atoms with E-state index in [-0.39, 0.29) is 50.5 Å². The summed E-state index contributed by atoms with van der Waals surface area (Å²) in [6, 6.07) is 0. The molecule has 0 aromatic rings. The van der Waals surface area contributed by atoms with Crippen LogP contribution >= 0.6 is 0 Å². The summed E-state index contributed by atoms with van der Waals surface area (Å²) in [4.78, 5) is 43.8. The van der Waals surface area contributed by atoms with Gasteiger partial charge in [0, 0.05) is 12.8 Å². The third kappa shape index (κ3) is 4.62. The fourth-order valence-corrected chi connectivity index (χ4v) is 1.43. The van der Waals surface area contributed by atoms with Crippen LogP contribution in [-0.2, 0) is 28.7 Å². The second-order valence-corrected chi connectivity index (χ2v) is 3.81. The van der Waals surface area contributed by atoms with Crippen molar-refractivity contribution in [1.82, 2.24) is 0 Å². The lowest BCUT2D eigenvalue weighted by Crippen LogP contribution is -2.28. The third-order valence-electron chi connectivity index (χ3n) is 2.36. The van der Waals surface area contributed by atoms with E-state index in [0.717, 1.165) is 0 Å². The van der Waals surface area contributed by atoms with Gasteiger partial charge in [-0.05, 0) is 0 Å². The number of ether oxygens (including phenoxy) is 2. The Hall–Kier alpha value is -1.76. The normalized spacial score (nSPS) is 16.0. The lowest BCUT2D eigenvalue weighted by molar-refractivity contribution is -0.158. The maximum Gasteiger partial charge on any atom is 0.309 e. The first-order valence-corrected chi connectivity index (χ1v) is 5.55. The third-order valence-corrected chi connectivity index (χ3v) is 2.36. The number of esters is 1. The average molecular weight is 258 g/mol. The first kappa shape index (κ1) is 14.3. The molecule has 0 atom stereocenters. The summed E-state index contributed by atoms with van der Waals surface area (Å²) >= 11 is 0. The molecule has 0 aliphatic heterocycles. The molecular weight excluding hydrogens is 244 g/mol. The Kier molecular flexibility index (Phi) is 5.44. The summed E-state index contributed by atoms with van der Waals surface area (Å²) < 4.78 is 9.61. The molecule has 0 heterocycles. The highest BCUT2D eigenvalue weighted by Crippen LogP contribution is 2.14. The number of Topliss-reactive ketones (excluding diaryl/α,β-unsaturated/α-hetero) is 2. The van der Waals surface area contributed by atoms with Crippen molar-refractivity contribution in [2.24, 2.45) is 0 Å². The van der Waals surface area contributed by atoms with E-state index in [2.05, 4.69) is 0 Å². The van der Waals surface area contributed by atoms with Crippen molar-refractivity contribution in [3.63, 3.8) is 0 Å². The molecule has 0 radical (unpaired) electrons. The van der Waals surface area contributed by atoms with E-state index >= 15 is 0 Å². The number of ketones is 2. The molecule has 0 aromatic heterocycles. The number of carboxylic acids is 1. The van der Waals surface area contributed by atoms with Crippen molar-refractivity contribution in [2.45, 2.75) is 31.8 Å². The lowest BCUT2D eigenvalue weighted by atomic mass is 10.3. The van der Waals surface area contributed by atoms with Crippen LogP contribution in [0.3, 0.4) is 0 Å². The molecule has 1 rings (SSSR count). The molecule has 1 fully saturated rings. The van der Waals surface area contributed by atoms with Crippen molar-refractivity contribution < 1.29 is 33.8 Å². The monoisotopic (exact) mass is 258 g/mol. The van der Waals surface area contributed by atoms with E-state index in [4.69, 9.17) is 14.6 Å². The van der Waals surface area contributed by atoms with E-state index < -0.39 is 18.0 Å². The van der Waals surface area contributed by atoms with Crippen LogP contribution < -0.4 is 0 Å². The van der Waals surface area contributed by atoms with Gasteiger partial charge in [-0.15, -0.1) is 0 Å². The second kappa shape index (κ2) is 6.85. The molecule has 0 unspecified atom stereocenters. The zero-order valence-corrected chi connectivity index (χ0v) is 9.72. The quantitative estimate of drug-likeness (QED) is 0.380. The predicted octanol–water partition coefficient (Wildman–Crippen LogP) is -0.288. The number of carboxylic acid groups (broad SMARTS) is 1. The number of hydrogen-bond acceptors (Lipinski definition) is 6. The number of carbonyl (C=O) groups excluding carboxylic acids is 3. The average Bonchev–Trinajstić information content (AvgIpc) is 2.60. The van der Waals surface area contributed by atoms with Gasteiger partial charge >= 0.3 is 11.9 Å². The van der Waals surface area contributed by atoms with Gasteiger partial charge in [-0.1, -0.05) is 0 Å². The zero-order chi connectivity index (χ0) is 13.5. The van der Waals surface area contributed by atoms with Gasteiger partial charge in [0.15, 0.2) is 11.6 Å². The first-order chi connectivity index (χ1) is 8.50. The fourth-order valence-electron chi connectivity index (χ4n) is 1.43. The van der Waals surface area contributed by atoms with E-state index in [1.165, 1.54) is 0 Å². The Morgan fingerprint density at radius 1 is 1.11 bits per heavy atom. The topological polar surface area (TPSA) is 107 Å². The molecule has 0 bridgehead atoms. The van der Waals surface area contributed by atoms with Crippen LogP contribution in [0.2, 0.25) is 0 Å². The molecule has 0 aromatic carbocycles. The van der Waals surface area contributed by atoms with Crippen molar-refractivity contribution in [3.05, 3.63) is 0 Å². The Morgan fingerprint density at radius 2 is 1.67 bits per heavy atom.